The summed E-state index contributed by atoms with van der Waals surface area (Å²) in [6.07, 6.45) is 4.53. The number of fused-ring (bicyclic) bond motifs is 1. The third-order valence-electron chi connectivity index (χ3n) is 4.12. The van der Waals surface area contributed by atoms with E-state index in [1.54, 1.807) is 6.26 Å². The molecule has 16 heavy (non-hydrogen) atoms. The van der Waals surface area contributed by atoms with E-state index >= 15 is 0 Å². The van der Waals surface area contributed by atoms with Gasteiger partial charge in [0.05, 0.1) is 12.3 Å². The summed E-state index contributed by atoms with van der Waals surface area (Å²) in [6, 6.07) is 5.30. The average molecular weight is 220 g/mol. The van der Waals surface area contributed by atoms with E-state index in [1.807, 2.05) is 6.07 Å². The zero-order valence-electron chi connectivity index (χ0n) is 9.93. The molecule has 3 rings (SSSR count). The molecule has 3 heteroatoms. The molecular formula is C13H20N2O. The van der Waals surface area contributed by atoms with Gasteiger partial charge in [0.2, 0.25) is 0 Å². The van der Waals surface area contributed by atoms with Gasteiger partial charge in [0.15, 0.2) is 0 Å². The topological polar surface area (TPSA) is 19.6 Å². The minimum absolute atomic E-state index is 0.428. The van der Waals surface area contributed by atoms with Crippen LogP contribution in [0.2, 0.25) is 0 Å². The van der Waals surface area contributed by atoms with E-state index in [-0.39, 0.29) is 0 Å². The summed E-state index contributed by atoms with van der Waals surface area (Å²) in [6.45, 7) is 7.19. The van der Waals surface area contributed by atoms with Crippen molar-refractivity contribution >= 4 is 0 Å². The van der Waals surface area contributed by atoms with Crippen molar-refractivity contribution in [3.8, 4) is 0 Å². The number of hydrogen-bond donors (Lipinski definition) is 0. The SMILES string of the molecule is CC(c1ccco1)N1CCN2CCCC2C1. The minimum Gasteiger partial charge on any atom is -0.468 e. The van der Waals surface area contributed by atoms with Crippen molar-refractivity contribution in [1.29, 1.82) is 0 Å². The van der Waals surface area contributed by atoms with Gasteiger partial charge in [-0.25, -0.2) is 0 Å². The predicted molar refractivity (Wildman–Crippen MR) is 63.3 cm³/mol. The number of nitrogens with zero attached hydrogens (tertiary/aromatic N) is 2. The molecule has 0 aliphatic carbocycles. The second kappa shape index (κ2) is 4.22. The number of piperazine rings is 1. The van der Waals surface area contributed by atoms with Crippen LogP contribution in [0.5, 0.6) is 0 Å². The molecule has 0 radical (unpaired) electrons. The Hall–Kier alpha value is -0.800. The molecule has 2 fully saturated rings. The van der Waals surface area contributed by atoms with Crippen LogP contribution in [0.3, 0.4) is 0 Å². The first kappa shape index (κ1) is 10.4. The van der Waals surface area contributed by atoms with E-state index in [9.17, 15) is 0 Å². The lowest BCUT2D eigenvalue weighted by Crippen LogP contribution is -2.50. The highest BCUT2D eigenvalue weighted by Gasteiger charge is 2.32. The molecule has 2 aliphatic rings. The van der Waals surface area contributed by atoms with Gasteiger partial charge >= 0.3 is 0 Å². The van der Waals surface area contributed by atoms with Crippen LogP contribution in [0, 0.1) is 0 Å². The Kier molecular flexibility index (Phi) is 2.74. The van der Waals surface area contributed by atoms with Crippen molar-refractivity contribution in [2.75, 3.05) is 26.2 Å². The van der Waals surface area contributed by atoms with Crippen LogP contribution in [0.1, 0.15) is 31.6 Å². The van der Waals surface area contributed by atoms with Gasteiger partial charge in [-0.3, -0.25) is 9.80 Å². The first-order valence-electron chi connectivity index (χ1n) is 6.36. The third-order valence-corrected chi connectivity index (χ3v) is 4.12. The Morgan fingerprint density at radius 2 is 2.31 bits per heavy atom. The van der Waals surface area contributed by atoms with E-state index in [0.29, 0.717) is 6.04 Å². The summed E-state index contributed by atoms with van der Waals surface area (Å²) < 4.78 is 5.50. The molecule has 3 nitrogen and oxygen atoms in total. The van der Waals surface area contributed by atoms with Crippen LogP contribution in [0.4, 0.5) is 0 Å². The van der Waals surface area contributed by atoms with Crippen molar-refractivity contribution < 1.29 is 4.42 Å². The van der Waals surface area contributed by atoms with E-state index in [4.69, 9.17) is 4.42 Å². The lowest BCUT2D eigenvalue weighted by atomic mass is 10.1. The van der Waals surface area contributed by atoms with Crippen LogP contribution < -0.4 is 0 Å². The van der Waals surface area contributed by atoms with E-state index in [2.05, 4.69) is 22.8 Å². The van der Waals surface area contributed by atoms with Gasteiger partial charge in [0.1, 0.15) is 5.76 Å². The van der Waals surface area contributed by atoms with Crippen molar-refractivity contribution in [3.05, 3.63) is 24.2 Å². The average Bonchev–Trinajstić information content (AvgIpc) is 2.98. The van der Waals surface area contributed by atoms with Crippen LogP contribution in [-0.4, -0.2) is 42.0 Å². The summed E-state index contributed by atoms with van der Waals surface area (Å²) in [5.41, 5.74) is 0. The molecule has 2 saturated heterocycles. The summed E-state index contributed by atoms with van der Waals surface area (Å²) in [4.78, 5) is 5.21. The van der Waals surface area contributed by atoms with Crippen LogP contribution in [0.15, 0.2) is 22.8 Å². The molecule has 3 heterocycles. The maximum Gasteiger partial charge on any atom is 0.120 e. The molecule has 1 aromatic rings. The Bertz CT molecular complexity index is 336. The lowest BCUT2D eigenvalue weighted by molar-refractivity contribution is 0.0697. The van der Waals surface area contributed by atoms with Crippen molar-refractivity contribution in [2.45, 2.75) is 31.8 Å². The van der Waals surface area contributed by atoms with Crippen molar-refractivity contribution in [1.82, 2.24) is 9.80 Å². The highest BCUT2D eigenvalue weighted by molar-refractivity contribution is 5.04. The van der Waals surface area contributed by atoms with Crippen molar-refractivity contribution in [2.24, 2.45) is 0 Å². The molecule has 0 saturated carbocycles. The smallest absolute Gasteiger partial charge is 0.120 e. The summed E-state index contributed by atoms with van der Waals surface area (Å²) >= 11 is 0. The molecule has 88 valence electrons. The Labute approximate surface area is 97.0 Å². The molecule has 0 amide bonds. The third kappa shape index (κ3) is 1.78. The maximum absolute atomic E-state index is 5.50. The molecule has 1 aromatic heterocycles. The van der Waals surface area contributed by atoms with E-state index in [1.165, 1.54) is 39.0 Å². The fourth-order valence-electron chi connectivity index (χ4n) is 3.08. The Morgan fingerprint density at radius 3 is 3.12 bits per heavy atom. The second-order valence-corrected chi connectivity index (χ2v) is 5.02. The van der Waals surface area contributed by atoms with Gasteiger partial charge in [-0.15, -0.1) is 0 Å². The van der Waals surface area contributed by atoms with Crippen LogP contribution in [0.25, 0.3) is 0 Å². The fraction of sp³-hybridized carbons (Fsp3) is 0.692. The Balaban J connectivity index is 1.67. The zero-order chi connectivity index (χ0) is 11.0. The van der Waals surface area contributed by atoms with Crippen LogP contribution in [-0.2, 0) is 0 Å². The Morgan fingerprint density at radius 1 is 1.38 bits per heavy atom. The highest BCUT2D eigenvalue weighted by Crippen LogP contribution is 2.27. The van der Waals surface area contributed by atoms with E-state index < -0.39 is 0 Å². The molecule has 2 atom stereocenters. The van der Waals surface area contributed by atoms with Gasteiger partial charge in [0.25, 0.3) is 0 Å². The first-order chi connectivity index (χ1) is 7.84. The molecule has 0 spiro atoms. The van der Waals surface area contributed by atoms with Gasteiger partial charge in [-0.1, -0.05) is 0 Å². The van der Waals surface area contributed by atoms with Gasteiger partial charge in [0, 0.05) is 25.7 Å². The molecule has 2 unspecified atom stereocenters. The standard InChI is InChI=1S/C13H20N2O/c1-11(13-5-3-9-16-13)15-8-7-14-6-2-4-12(14)10-15/h3,5,9,11-12H,2,4,6-8,10H2,1H3. The summed E-state index contributed by atoms with van der Waals surface area (Å²) in [7, 11) is 0. The van der Waals surface area contributed by atoms with Crippen molar-refractivity contribution in [3.63, 3.8) is 0 Å². The molecule has 0 aromatic carbocycles. The predicted octanol–water partition coefficient (Wildman–Crippen LogP) is 2.12. The van der Waals surface area contributed by atoms with E-state index in [0.717, 1.165) is 11.8 Å². The van der Waals surface area contributed by atoms with Gasteiger partial charge in [-0.05, 0) is 38.4 Å². The first-order valence-corrected chi connectivity index (χ1v) is 6.36. The monoisotopic (exact) mass is 220 g/mol. The van der Waals surface area contributed by atoms with Crippen LogP contribution >= 0.6 is 0 Å². The lowest BCUT2D eigenvalue weighted by Gasteiger charge is -2.39. The summed E-state index contributed by atoms with van der Waals surface area (Å²) in [5.74, 6) is 1.10. The zero-order valence-corrected chi connectivity index (χ0v) is 9.93. The molecule has 2 aliphatic heterocycles. The largest absolute Gasteiger partial charge is 0.468 e. The molecule has 0 N–H and O–H groups in total. The molecule has 0 bridgehead atoms. The summed E-state index contributed by atoms with van der Waals surface area (Å²) in [5, 5.41) is 0. The number of furan rings is 1. The highest BCUT2D eigenvalue weighted by atomic mass is 16.3. The minimum atomic E-state index is 0.428. The normalized spacial score (nSPS) is 29.2. The van der Waals surface area contributed by atoms with Gasteiger partial charge < -0.3 is 4.42 Å². The fourth-order valence-corrected chi connectivity index (χ4v) is 3.08. The maximum atomic E-state index is 5.50. The number of rotatable bonds is 2. The molecular weight excluding hydrogens is 200 g/mol. The van der Waals surface area contributed by atoms with Gasteiger partial charge in [-0.2, -0.15) is 0 Å². The number of hydrogen-bond acceptors (Lipinski definition) is 3. The quantitative estimate of drug-likeness (QED) is 0.761. The second-order valence-electron chi connectivity index (χ2n) is 5.02.